The molecule has 0 saturated carbocycles. The number of carboxylic acid groups (broad SMARTS) is 1. The first-order chi connectivity index (χ1) is 18.3. The van der Waals surface area contributed by atoms with Gasteiger partial charge in [-0.25, -0.2) is 9.78 Å². The van der Waals surface area contributed by atoms with Crippen LogP contribution in [0, 0.1) is 12.3 Å². The quantitative estimate of drug-likeness (QED) is 0.410. The fourth-order valence-corrected chi connectivity index (χ4v) is 4.43. The van der Waals surface area contributed by atoms with Gasteiger partial charge in [0, 0.05) is 39.5 Å². The topological polar surface area (TPSA) is 119 Å². The number of carbonyl (C=O) groups is 3. The fourth-order valence-electron chi connectivity index (χ4n) is 4.43. The number of likely N-dealkylation sites (tertiary alicyclic amines) is 1. The van der Waals surface area contributed by atoms with E-state index in [2.05, 4.69) is 21.2 Å². The molecule has 10 nitrogen and oxygen atoms in total. The number of nitrogens with zero attached hydrogens (tertiary/aromatic N) is 5. The van der Waals surface area contributed by atoms with E-state index in [1.807, 2.05) is 47.9 Å². The lowest BCUT2D eigenvalue weighted by Gasteiger charge is -2.26. The van der Waals surface area contributed by atoms with E-state index in [0.717, 1.165) is 37.1 Å². The second kappa shape index (κ2) is 13.4. The Hall–Kier alpha value is -4.13. The third kappa shape index (κ3) is 7.22. The number of benzene rings is 1. The lowest BCUT2D eigenvalue weighted by Crippen LogP contribution is -2.35. The van der Waals surface area contributed by atoms with Crippen molar-refractivity contribution in [3.05, 3.63) is 41.6 Å². The van der Waals surface area contributed by atoms with E-state index >= 15 is 0 Å². The van der Waals surface area contributed by atoms with Crippen LogP contribution in [0.5, 0.6) is 0 Å². The zero-order valence-electron chi connectivity index (χ0n) is 22.3. The van der Waals surface area contributed by atoms with Gasteiger partial charge < -0.3 is 20.2 Å². The number of nitrogens with one attached hydrogen (secondary N) is 1. The summed E-state index contributed by atoms with van der Waals surface area (Å²) in [6.07, 6.45) is 9.55. The molecule has 0 unspecified atom stereocenters. The van der Waals surface area contributed by atoms with Crippen molar-refractivity contribution in [2.75, 3.05) is 47.8 Å². The van der Waals surface area contributed by atoms with Gasteiger partial charge in [0.05, 0.1) is 19.2 Å². The van der Waals surface area contributed by atoms with Crippen molar-refractivity contribution >= 4 is 35.2 Å². The average molecular weight is 521 g/mol. The standard InChI is InChI=1S/C28H36N6O4/c1-5-14-34(20(4)35)24-19-29-28(32(6-2)7-3)31-26(24)30-23(27(37)38)17-21-10-12-22(13-11-21)18-25(36)33-15-8-9-16-33/h1,10-13,19,23H,6-9,14-18H2,2-4H3,(H,37,38)(H,29,30,31)/t23-/m0/s1. The van der Waals surface area contributed by atoms with Gasteiger partial charge in [-0.3, -0.25) is 14.5 Å². The summed E-state index contributed by atoms with van der Waals surface area (Å²) in [4.78, 5) is 51.1. The van der Waals surface area contributed by atoms with Gasteiger partial charge in [-0.2, -0.15) is 4.98 Å². The van der Waals surface area contributed by atoms with Crippen LogP contribution in [0.1, 0.15) is 44.7 Å². The smallest absolute Gasteiger partial charge is 0.326 e. The van der Waals surface area contributed by atoms with Crippen LogP contribution in [0.4, 0.5) is 17.5 Å². The predicted molar refractivity (Wildman–Crippen MR) is 147 cm³/mol. The SMILES string of the molecule is C#CCN(C(C)=O)c1cnc(N(CC)CC)nc1N[C@@H](Cc1ccc(CC(=O)N2CCCC2)cc1)C(=O)O. The molecule has 0 spiro atoms. The molecule has 1 aromatic carbocycles. The van der Waals surface area contributed by atoms with Gasteiger partial charge >= 0.3 is 5.97 Å². The minimum absolute atomic E-state index is 0.00661. The molecule has 38 heavy (non-hydrogen) atoms. The number of carboxylic acids is 1. The summed E-state index contributed by atoms with van der Waals surface area (Å²) in [6.45, 7) is 8.25. The van der Waals surface area contributed by atoms with Gasteiger partial charge in [0.2, 0.25) is 17.8 Å². The first-order valence-electron chi connectivity index (χ1n) is 13.0. The van der Waals surface area contributed by atoms with Crippen LogP contribution < -0.4 is 15.1 Å². The zero-order chi connectivity index (χ0) is 27.7. The van der Waals surface area contributed by atoms with Crippen LogP contribution in [-0.2, 0) is 27.2 Å². The van der Waals surface area contributed by atoms with Gasteiger partial charge in [0.25, 0.3) is 0 Å². The van der Waals surface area contributed by atoms with Crippen LogP contribution >= 0.6 is 0 Å². The third-order valence-electron chi connectivity index (χ3n) is 6.61. The number of aromatic nitrogens is 2. The van der Waals surface area contributed by atoms with Crippen molar-refractivity contribution in [2.45, 2.75) is 52.5 Å². The van der Waals surface area contributed by atoms with E-state index in [1.165, 1.54) is 18.0 Å². The van der Waals surface area contributed by atoms with Gasteiger partial charge in [-0.05, 0) is 37.8 Å². The molecule has 1 saturated heterocycles. The van der Waals surface area contributed by atoms with Crippen LogP contribution in [0.2, 0.25) is 0 Å². The second-order valence-corrected chi connectivity index (χ2v) is 9.21. The Morgan fingerprint density at radius 1 is 1.13 bits per heavy atom. The lowest BCUT2D eigenvalue weighted by molar-refractivity contribution is -0.138. The molecule has 1 aromatic heterocycles. The van der Waals surface area contributed by atoms with E-state index in [4.69, 9.17) is 6.42 Å². The summed E-state index contributed by atoms with van der Waals surface area (Å²) in [5.74, 6) is 1.82. The van der Waals surface area contributed by atoms with Crippen LogP contribution in [-0.4, -0.2) is 76.5 Å². The Labute approximate surface area is 224 Å². The number of aliphatic carboxylic acids is 1. The van der Waals surface area contributed by atoms with Crippen molar-refractivity contribution in [3.8, 4) is 12.3 Å². The molecule has 1 aliphatic heterocycles. The Morgan fingerprint density at radius 3 is 2.32 bits per heavy atom. The maximum Gasteiger partial charge on any atom is 0.326 e. The molecule has 0 radical (unpaired) electrons. The van der Waals surface area contributed by atoms with Gasteiger partial charge in [0.15, 0.2) is 5.82 Å². The molecular formula is C28H36N6O4. The average Bonchev–Trinajstić information content (AvgIpc) is 3.44. The maximum atomic E-state index is 12.5. The highest BCUT2D eigenvalue weighted by Gasteiger charge is 2.25. The largest absolute Gasteiger partial charge is 0.480 e. The third-order valence-corrected chi connectivity index (χ3v) is 6.61. The van der Waals surface area contributed by atoms with Gasteiger partial charge in [0.1, 0.15) is 11.7 Å². The molecule has 2 heterocycles. The highest BCUT2D eigenvalue weighted by molar-refractivity contribution is 5.95. The molecule has 202 valence electrons. The Morgan fingerprint density at radius 2 is 1.76 bits per heavy atom. The molecule has 2 N–H and O–H groups in total. The molecule has 0 aliphatic carbocycles. The van der Waals surface area contributed by atoms with E-state index in [0.29, 0.717) is 31.1 Å². The molecular weight excluding hydrogens is 484 g/mol. The number of hydrogen-bond acceptors (Lipinski definition) is 7. The fraction of sp³-hybridized carbons (Fsp3) is 0.464. The van der Waals surface area contributed by atoms with Crippen molar-refractivity contribution in [3.63, 3.8) is 0 Å². The normalized spacial score (nSPS) is 13.5. The molecule has 2 aromatic rings. The molecule has 1 aliphatic rings. The molecule has 0 bridgehead atoms. The molecule has 1 fully saturated rings. The second-order valence-electron chi connectivity index (χ2n) is 9.21. The number of rotatable bonds is 12. The Bertz CT molecular complexity index is 1170. The minimum Gasteiger partial charge on any atom is -0.480 e. The first kappa shape index (κ1) is 28.4. The summed E-state index contributed by atoms with van der Waals surface area (Å²) in [5, 5.41) is 13.0. The summed E-state index contributed by atoms with van der Waals surface area (Å²) < 4.78 is 0. The van der Waals surface area contributed by atoms with Crippen LogP contribution in [0.25, 0.3) is 0 Å². The summed E-state index contributed by atoms with van der Waals surface area (Å²) >= 11 is 0. The maximum absolute atomic E-state index is 12.5. The van der Waals surface area contributed by atoms with E-state index in [-0.39, 0.29) is 30.6 Å². The summed E-state index contributed by atoms with van der Waals surface area (Å²) in [6, 6.07) is 6.37. The molecule has 10 heteroatoms. The van der Waals surface area contributed by atoms with E-state index < -0.39 is 12.0 Å². The molecule has 3 rings (SSSR count). The van der Waals surface area contributed by atoms with E-state index in [9.17, 15) is 19.5 Å². The number of hydrogen-bond donors (Lipinski definition) is 2. The van der Waals surface area contributed by atoms with Crippen LogP contribution in [0.3, 0.4) is 0 Å². The Balaban J connectivity index is 1.83. The van der Waals surface area contributed by atoms with Crippen molar-refractivity contribution in [1.82, 2.24) is 14.9 Å². The number of amides is 2. The summed E-state index contributed by atoms with van der Waals surface area (Å²) in [7, 11) is 0. The molecule has 2 amide bonds. The number of anilines is 3. The monoisotopic (exact) mass is 520 g/mol. The van der Waals surface area contributed by atoms with E-state index in [1.54, 1.807) is 0 Å². The first-order valence-corrected chi connectivity index (χ1v) is 13.0. The van der Waals surface area contributed by atoms with Crippen LogP contribution in [0.15, 0.2) is 30.5 Å². The highest BCUT2D eigenvalue weighted by atomic mass is 16.4. The highest BCUT2D eigenvalue weighted by Crippen LogP contribution is 2.27. The Kier molecular flexibility index (Phi) is 10.0. The van der Waals surface area contributed by atoms with Gasteiger partial charge in [-0.1, -0.05) is 30.2 Å². The lowest BCUT2D eigenvalue weighted by atomic mass is 10.0. The summed E-state index contributed by atoms with van der Waals surface area (Å²) in [5.41, 5.74) is 1.99. The number of carbonyl (C=O) groups excluding carboxylic acids is 2. The minimum atomic E-state index is -1.07. The molecule has 1 atom stereocenters. The van der Waals surface area contributed by atoms with Crippen molar-refractivity contribution < 1.29 is 19.5 Å². The van der Waals surface area contributed by atoms with Gasteiger partial charge in [-0.15, -0.1) is 6.42 Å². The zero-order valence-corrected chi connectivity index (χ0v) is 22.3. The van der Waals surface area contributed by atoms with Crippen molar-refractivity contribution in [2.24, 2.45) is 0 Å². The predicted octanol–water partition coefficient (Wildman–Crippen LogP) is 2.58. The van der Waals surface area contributed by atoms with Crippen molar-refractivity contribution in [1.29, 1.82) is 0 Å². The number of terminal acetylenes is 1.